The molecule has 20 heavy (non-hydrogen) atoms. The van der Waals surface area contributed by atoms with Gasteiger partial charge in [0.25, 0.3) is 0 Å². The van der Waals surface area contributed by atoms with Crippen molar-refractivity contribution in [3.05, 3.63) is 0 Å². The highest BCUT2D eigenvalue weighted by atomic mass is 19.4. The maximum atomic E-state index is 12.3. The Hall–Kier alpha value is -1.27. The molecule has 0 aromatic rings. The van der Waals surface area contributed by atoms with E-state index in [2.05, 4.69) is 5.32 Å². The van der Waals surface area contributed by atoms with Crippen molar-refractivity contribution >= 4 is 11.8 Å². The van der Waals surface area contributed by atoms with Gasteiger partial charge in [0.2, 0.25) is 11.8 Å². The summed E-state index contributed by atoms with van der Waals surface area (Å²) in [4.78, 5) is 25.6. The molecular weight excluding hydrogens is 273 g/mol. The van der Waals surface area contributed by atoms with Crippen molar-refractivity contribution in [1.29, 1.82) is 0 Å². The number of amides is 2. The largest absolute Gasteiger partial charge is 0.389 e. The molecule has 2 amide bonds. The summed E-state index contributed by atoms with van der Waals surface area (Å²) in [6, 6.07) is -0.659. The van der Waals surface area contributed by atoms with E-state index in [0.717, 1.165) is 0 Å². The van der Waals surface area contributed by atoms with E-state index in [9.17, 15) is 22.8 Å². The van der Waals surface area contributed by atoms with Crippen molar-refractivity contribution < 1.29 is 22.8 Å². The molecule has 0 aliphatic carbocycles. The lowest BCUT2D eigenvalue weighted by Crippen LogP contribution is -2.68. The van der Waals surface area contributed by atoms with Crippen LogP contribution in [0.15, 0.2) is 0 Å². The van der Waals surface area contributed by atoms with Crippen LogP contribution in [0.3, 0.4) is 0 Å². The Balaban J connectivity index is 2.78. The van der Waals surface area contributed by atoms with Crippen LogP contribution in [-0.2, 0) is 9.59 Å². The fraction of sp³-hybridized carbons (Fsp3) is 0.846. The number of rotatable bonds is 5. The number of halogens is 3. The lowest BCUT2D eigenvalue weighted by Gasteiger charge is -2.43. The van der Waals surface area contributed by atoms with Gasteiger partial charge in [-0.2, -0.15) is 13.2 Å². The zero-order valence-corrected chi connectivity index (χ0v) is 12.0. The SMILES string of the molecule is CCCC1C(=O)NC(C)(C)C(=O)N1CCCC(F)(F)F. The second-order valence-electron chi connectivity index (χ2n) is 5.64. The van der Waals surface area contributed by atoms with Crippen molar-refractivity contribution in [3.8, 4) is 0 Å². The third-order valence-electron chi connectivity index (χ3n) is 3.33. The van der Waals surface area contributed by atoms with Crippen LogP contribution < -0.4 is 5.32 Å². The first-order valence-corrected chi connectivity index (χ1v) is 6.78. The van der Waals surface area contributed by atoms with Gasteiger partial charge in [0, 0.05) is 13.0 Å². The van der Waals surface area contributed by atoms with Crippen LogP contribution >= 0.6 is 0 Å². The van der Waals surface area contributed by atoms with Crippen LogP contribution in [0.1, 0.15) is 46.5 Å². The molecule has 4 nitrogen and oxygen atoms in total. The molecule has 1 N–H and O–H groups in total. The van der Waals surface area contributed by atoms with Crippen molar-refractivity contribution in [1.82, 2.24) is 10.2 Å². The van der Waals surface area contributed by atoms with Crippen molar-refractivity contribution in [2.24, 2.45) is 0 Å². The first-order valence-electron chi connectivity index (χ1n) is 6.78. The standard InChI is InChI=1S/C13H21F3N2O2/c1-4-6-9-10(19)17-12(2,3)11(20)18(9)8-5-7-13(14,15)16/h9H,4-8H2,1-3H3,(H,17,19). The Kier molecular flexibility index (Phi) is 5.05. The van der Waals surface area contributed by atoms with Crippen molar-refractivity contribution in [2.45, 2.75) is 64.2 Å². The van der Waals surface area contributed by atoms with E-state index in [-0.39, 0.29) is 24.8 Å². The van der Waals surface area contributed by atoms with Crippen LogP contribution in [-0.4, -0.2) is 41.0 Å². The van der Waals surface area contributed by atoms with Gasteiger partial charge < -0.3 is 10.2 Å². The molecule has 0 bridgehead atoms. The Morgan fingerprint density at radius 3 is 2.40 bits per heavy atom. The molecule has 1 heterocycles. The first kappa shape index (κ1) is 16.8. The van der Waals surface area contributed by atoms with Gasteiger partial charge in [0.1, 0.15) is 11.6 Å². The van der Waals surface area contributed by atoms with Gasteiger partial charge in [-0.3, -0.25) is 9.59 Å². The molecule has 1 rings (SSSR count). The molecule has 0 spiro atoms. The molecule has 1 fully saturated rings. The van der Waals surface area contributed by atoms with Gasteiger partial charge in [-0.1, -0.05) is 13.3 Å². The highest BCUT2D eigenvalue weighted by Crippen LogP contribution is 2.25. The fourth-order valence-electron chi connectivity index (χ4n) is 2.35. The molecule has 1 unspecified atom stereocenters. The number of alkyl halides is 3. The summed E-state index contributed by atoms with van der Waals surface area (Å²) < 4.78 is 36.6. The highest BCUT2D eigenvalue weighted by Gasteiger charge is 2.44. The van der Waals surface area contributed by atoms with E-state index >= 15 is 0 Å². The minimum atomic E-state index is -4.24. The van der Waals surface area contributed by atoms with Crippen LogP contribution in [0.25, 0.3) is 0 Å². The molecule has 1 aliphatic heterocycles. The summed E-state index contributed by atoms with van der Waals surface area (Å²) in [5.74, 6) is -0.610. The van der Waals surface area contributed by atoms with E-state index < -0.39 is 24.2 Å². The molecular formula is C13H21F3N2O2. The van der Waals surface area contributed by atoms with Gasteiger partial charge >= 0.3 is 6.18 Å². The van der Waals surface area contributed by atoms with Gasteiger partial charge in [-0.15, -0.1) is 0 Å². The van der Waals surface area contributed by atoms with Gasteiger partial charge in [-0.05, 0) is 26.7 Å². The summed E-state index contributed by atoms with van der Waals surface area (Å²) in [6.45, 7) is 4.95. The summed E-state index contributed by atoms with van der Waals surface area (Å²) in [5.41, 5.74) is -1.06. The Morgan fingerprint density at radius 1 is 1.30 bits per heavy atom. The Morgan fingerprint density at radius 2 is 1.90 bits per heavy atom. The predicted molar refractivity (Wildman–Crippen MR) is 67.9 cm³/mol. The van der Waals surface area contributed by atoms with Crippen LogP contribution in [0, 0.1) is 0 Å². The number of nitrogens with zero attached hydrogens (tertiary/aromatic N) is 1. The molecule has 1 aliphatic rings. The molecule has 0 saturated carbocycles. The number of hydrogen-bond donors (Lipinski definition) is 1. The van der Waals surface area contributed by atoms with Crippen LogP contribution in [0.5, 0.6) is 0 Å². The summed E-state index contributed by atoms with van der Waals surface area (Å²) in [5, 5.41) is 2.62. The molecule has 1 saturated heterocycles. The second-order valence-corrected chi connectivity index (χ2v) is 5.64. The average molecular weight is 294 g/mol. The zero-order valence-electron chi connectivity index (χ0n) is 12.0. The molecule has 7 heteroatoms. The summed E-state index contributed by atoms with van der Waals surface area (Å²) >= 11 is 0. The number of carbonyl (C=O) groups is 2. The summed E-state index contributed by atoms with van der Waals surface area (Å²) in [6.07, 6.45) is -4.23. The first-order chi connectivity index (χ1) is 9.08. The Labute approximate surface area is 116 Å². The van der Waals surface area contributed by atoms with Gasteiger partial charge in [0.05, 0.1) is 0 Å². The monoisotopic (exact) mass is 294 g/mol. The van der Waals surface area contributed by atoms with E-state index in [0.29, 0.717) is 12.8 Å². The summed E-state index contributed by atoms with van der Waals surface area (Å²) in [7, 11) is 0. The quantitative estimate of drug-likeness (QED) is 0.845. The lowest BCUT2D eigenvalue weighted by atomic mass is 9.94. The van der Waals surface area contributed by atoms with Crippen LogP contribution in [0.2, 0.25) is 0 Å². The van der Waals surface area contributed by atoms with Crippen LogP contribution in [0.4, 0.5) is 13.2 Å². The number of carbonyl (C=O) groups excluding carboxylic acids is 2. The van der Waals surface area contributed by atoms with E-state index in [4.69, 9.17) is 0 Å². The van der Waals surface area contributed by atoms with E-state index in [1.165, 1.54) is 4.90 Å². The minimum Gasteiger partial charge on any atom is -0.340 e. The third kappa shape index (κ3) is 4.11. The van der Waals surface area contributed by atoms with Crippen molar-refractivity contribution in [3.63, 3.8) is 0 Å². The fourth-order valence-corrected chi connectivity index (χ4v) is 2.35. The smallest absolute Gasteiger partial charge is 0.340 e. The maximum Gasteiger partial charge on any atom is 0.389 e. The highest BCUT2D eigenvalue weighted by molar-refractivity contribution is 5.99. The molecule has 1 atom stereocenters. The normalized spacial score (nSPS) is 22.9. The number of piperazine rings is 1. The minimum absolute atomic E-state index is 0.0418. The zero-order chi connectivity index (χ0) is 15.6. The van der Waals surface area contributed by atoms with Crippen molar-refractivity contribution in [2.75, 3.05) is 6.54 Å². The molecule has 0 aromatic carbocycles. The maximum absolute atomic E-state index is 12.3. The Bertz CT molecular complexity index is 380. The predicted octanol–water partition coefficient (Wildman–Crippen LogP) is 2.23. The molecule has 116 valence electrons. The van der Waals surface area contributed by atoms with Gasteiger partial charge in [-0.25, -0.2) is 0 Å². The van der Waals surface area contributed by atoms with E-state index in [1.54, 1.807) is 13.8 Å². The number of nitrogens with one attached hydrogen (secondary N) is 1. The number of hydrogen-bond acceptors (Lipinski definition) is 2. The second kappa shape index (κ2) is 6.01. The molecule has 0 aromatic heterocycles. The average Bonchev–Trinajstić information content (AvgIpc) is 2.28. The third-order valence-corrected chi connectivity index (χ3v) is 3.33. The lowest BCUT2D eigenvalue weighted by molar-refractivity contribution is -0.156. The topological polar surface area (TPSA) is 49.4 Å². The van der Waals surface area contributed by atoms with E-state index in [1.807, 2.05) is 6.92 Å². The molecule has 0 radical (unpaired) electrons. The van der Waals surface area contributed by atoms with Gasteiger partial charge in [0.15, 0.2) is 0 Å².